The quantitative estimate of drug-likeness (QED) is 0.207. The molecule has 0 atom stereocenters. The molecule has 0 nitrogen and oxygen atoms in total. The number of hydrogen-bond donors (Lipinski definition) is 0. The summed E-state index contributed by atoms with van der Waals surface area (Å²) >= 11 is 0. The summed E-state index contributed by atoms with van der Waals surface area (Å²) in [4.78, 5) is 0. The topological polar surface area (TPSA) is 0 Å². The standard InChI is InChI=1S/C40H30/c1-27-11-15-29(16-12-27)31-19-23-33(24-20-31)39-35-7-3-5-9-37(35)40(38-10-6-4-8-36(38)39)34-25-21-32(22-26-34)30-17-13-28(2)14-18-30/h3-26H,1-2H3. The van der Waals surface area contributed by atoms with Crippen LogP contribution in [0.4, 0.5) is 0 Å². The van der Waals surface area contributed by atoms with Crippen LogP contribution in [0, 0.1) is 13.8 Å². The highest BCUT2D eigenvalue weighted by atomic mass is 14.2. The fraction of sp³-hybridized carbons (Fsp3) is 0.0500. The first kappa shape index (κ1) is 24.1. The van der Waals surface area contributed by atoms with E-state index in [4.69, 9.17) is 0 Å². The van der Waals surface area contributed by atoms with Gasteiger partial charge in [0.05, 0.1) is 0 Å². The molecule has 0 aliphatic heterocycles. The van der Waals surface area contributed by atoms with Crippen molar-refractivity contribution in [2.45, 2.75) is 13.8 Å². The molecule has 0 N–H and O–H groups in total. The summed E-state index contributed by atoms with van der Waals surface area (Å²) in [5, 5.41) is 5.12. The average Bonchev–Trinajstić information content (AvgIpc) is 3.01. The van der Waals surface area contributed by atoms with E-state index >= 15 is 0 Å². The molecule has 0 aliphatic carbocycles. The lowest BCUT2D eigenvalue weighted by Crippen LogP contribution is -1.91. The maximum Gasteiger partial charge on any atom is -0.00264 e. The van der Waals surface area contributed by atoms with Crippen LogP contribution in [0.1, 0.15) is 11.1 Å². The van der Waals surface area contributed by atoms with Gasteiger partial charge in [0, 0.05) is 0 Å². The first-order chi connectivity index (χ1) is 19.7. The molecule has 0 heterocycles. The molecule has 190 valence electrons. The van der Waals surface area contributed by atoms with Crippen molar-refractivity contribution in [3.8, 4) is 44.5 Å². The van der Waals surface area contributed by atoms with Gasteiger partial charge in [0.2, 0.25) is 0 Å². The second kappa shape index (κ2) is 9.98. The molecule has 7 aromatic rings. The molecule has 0 aromatic heterocycles. The lowest BCUT2D eigenvalue weighted by molar-refractivity contribution is 1.47. The highest BCUT2D eigenvalue weighted by molar-refractivity contribution is 6.21. The van der Waals surface area contributed by atoms with Crippen molar-refractivity contribution in [3.05, 3.63) is 157 Å². The number of fused-ring (bicyclic) bond motifs is 2. The van der Waals surface area contributed by atoms with Crippen LogP contribution in [-0.2, 0) is 0 Å². The lowest BCUT2D eigenvalue weighted by Gasteiger charge is -2.18. The van der Waals surface area contributed by atoms with Gasteiger partial charge in [-0.05, 0) is 79.9 Å². The summed E-state index contributed by atoms with van der Waals surface area (Å²) in [7, 11) is 0. The Balaban J connectivity index is 1.39. The molecule has 0 aliphatic rings. The summed E-state index contributed by atoms with van der Waals surface area (Å²) in [6.07, 6.45) is 0. The summed E-state index contributed by atoms with van der Waals surface area (Å²) in [6, 6.07) is 53.4. The SMILES string of the molecule is Cc1ccc(-c2ccc(-c3c4ccccc4c(-c4ccc(-c5ccc(C)cc5)cc4)c4ccccc34)cc2)cc1. The van der Waals surface area contributed by atoms with Crippen LogP contribution in [0.5, 0.6) is 0 Å². The van der Waals surface area contributed by atoms with Crippen LogP contribution in [-0.4, -0.2) is 0 Å². The second-order valence-electron chi connectivity index (χ2n) is 10.7. The second-order valence-corrected chi connectivity index (χ2v) is 10.7. The lowest BCUT2D eigenvalue weighted by atomic mass is 9.85. The van der Waals surface area contributed by atoms with Crippen molar-refractivity contribution in [3.63, 3.8) is 0 Å². The van der Waals surface area contributed by atoms with E-state index in [1.54, 1.807) is 0 Å². The third-order valence-electron chi connectivity index (χ3n) is 8.05. The Morgan fingerprint density at radius 2 is 0.475 bits per heavy atom. The van der Waals surface area contributed by atoms with Crippen LogP contribution in [0.2, 0.25) is 0 Å². The van der Waals surface area contributed by atoms with E-state index in [0.717, 1.165) is 0 Å². The van der Waals surface area contributed by atoms with Gasteiger partial charge in [-0.25, -0.2) is 0 Å². The van der Waals surface area contributed by atoms with Crippen molar-refractivity contribution in [2.75, 3.05) is 0 Å². The Hall–Kier alpha value is -4.94. The van der Waals surface area contributed by atoms with E-state index in [0.29, 0.717) is 0 Å². The van der Waals surface area contributed by atoms with Crippen LogP contribution in [0.25, 0.3) is 66.1 Å². The van der Waals surface area contributed by atoms with Gasteiger partial charge < -0.3 is 0 Å². The molecular weight excluding hydrogens is 480 g/mol. The molecule has 0 fully saturated rings. The molecule has 0 spiro atoms. The summed E-state index contributed by atoms with van der Waals surface area (Å²) < 4.78 is 0. The fourth-order valence-electron chi connectivity index (χ4n) is 5.90. The molecule has 7 aromatic carbocycles. The number of aryl methyl sites for hydroxylation is 2. The maximum absolute atomic E-state index is 2.28. The van der Waals surface area contributed by atoms with Gasteiger partial charge in [-0.2, -0.15) is 0 Å². The monoisotopic (exact) mass is 510 g/mol. The van der Waals surface area contributed by atoms with Gasteiger partial charge >= 0.3 is 0 Å². The zero-order valence-electron chi connectivity index (χ0n) is 22.9. The summed E-state index contributed by atoms with van der Waals surface area (Å²) in [6.45, 7) is 4.26. The Morgan fingerprint density at radius 3 is 0.750 bits per heavy atom. The largest absolute Gasteiger partial charge is 0.0616 e. The van der Waals surface area contributed by atoms with Crippen LogP contribution < -0.4 is 0 Å². The molecule has 7 rings (SSSR count). The van der Waals surface area contributed by atoms with Crippen molar-refractivity contribution < 1.29 is 0 Å². The van der Waals surface area contributed by atoms with Crippen LogP contribution >= 0.6 is 0 Å². The van der Waals surface area contributed by atoms with E-state index < -0.39 is 0 Å². The van der Waals surface area contributed by atoms with Crippen LogP contribution in [0.15, 0.2) is 146 Å². The van der Waals surface area contributed by atoms with E-state index in [2.05, 4.69) is 159 Å². The highest BCUT2D eigenvalue weighted by Gasteiger charge is 2.16. The molecule has 0 unspecified atom stereocenters. The summed E-state index contributed by atoms with van der Waals surface area (Å²) in [5.74, 6) is 0. The third-order valence-corrected chi connectivity index (χ3v) is 8.05. The minimum absolute atomic E-state index is 1.24. The number of rotatable bonds is 4. The molecule has 0 bridgehead atoms. The maximum atomic E-state index is 2.28. The Labute approximate surface area is 236 Å². The zero-order chi connectivity index (χ0) is 27.1. The first-order valence-corrected chi connectivity index (χ1v) is 13.9. The van der Waals surface area contributed by atoms with Gasteiger partial charge in [0.25, 0.3) is 0 Å². The van der Waals surface area contributed by atoms with Crippen molar-refractivity contribution in [1.82, 2.24) is 0 Å². The van der Waals surface area contributed by atoms with Gasteiger partial charge in [-0.3, -0.25) is 0 Å². The predicted molar refractivity (Wildman–Crippen MR) is 173 cm³/mol. The highest BCUT2D eigenvalue weighted by Crippen LogP contribution is 2.44. The zero-order valence-corrected chi connectivity index (χ0v) is 22.9. The third kappa shape index (κ3) is 4.28. The molecule has 0 heteroatoms. The first-order valence-electron chi connectivity index (χ1n) is 13.9. The Kier molecular flexibility index (Phi) is 6.02. The minimum Gasteiger partial charge on any atom is -0.0616 e. The van der Waals surface area contributed by atoms with Crippen LogP contribution in [0.3, 0.4) is 0 Å². The van der Waals surface area contributed by atoms with E-state index in [1.807, 2.05) is 0 Å². The summed E-state index contributed by atoms with van der Waals surface area (Å²) in [5.41, 5.74) is 12.6. The van der Waals surface area contributed by atoms with Crippen molar-refractivity contribution in [2.24, 2.45) is 0 Å². The molecule has 0 radical (unpaired) electrons. The Bertz CT molecular complexity index is 1750. The predicted octanol–water partition coefficient (Wildman–Crippen LogP) is 11.3. The van der Waals surface area contributed by atoms with E-state index in [1.165, 1.54) is 77.2 Å². The molecule has 40 heavy (non-hydrogen) atoms. The number of hydrogen-bond acceptors (Lipinski definition) is 0. The Morgan fingerprint density at radius 1 is 0.250 bits per heavy atom. The normalized spacial score (nSPS) is 11.2. The molecular formula is C40H30. The molecule has 0 saturated carbocycles. The van der Waals surface area contributed by atoms with Gasteiger partial charge in [0.1, 0.15) is 0 Å². The number of benzene rings is 7. The van der Waals surface area contributed by atoms with Gasteiger partial charge in [-0.1, -0.05) is 157 Å². The molecule has 0 amide bonds. The van der Waals surface area contributed by atoms with E-state index in [-0.39, 0.29) is 0 Å². The van der Waals surface area contributed by atoms with Crippen molar-refractivity contribution in [1.29, 1.82) is 0 Å². The smallest absolute Gasteiger partial charge is 0.00264 e. The van der Waals surface area contributed by atoms with E-state index in [9.17, 15) is 0 Å². The minimum atomic E-state index is 1.24. The van der Waals surface area contributed by atoms with Crippen molar-refractivity contribution >= 4 is 21.5 Å². The molecule has 0 saturated heterocycles. The van der Waals surface area contributed by atoms with Gasteiger partial charge in [-0.15, -0.1) is 0 Å². The average molecular weight is 511 g/mol. The van der Waals surface area contributed by atoms with Gasteiger partial charge in [0.15, 0.2) is 0 Å². The fourth-order valence-corrected chi connectivity index (χ4v) is 5.90.